The van der Waals surface area contributed by atoms with Crippen molar-refractivity contribution in [2.75, 3.05) is 0 Å². The average Bonchev–Trinajstić information content (AvgIpc) is 1.77. The SMILES string of the molecule is CCC[As](C(C)(C)C)C(C)(C)C. The second-order valence-corrected chi connectivity index (χ2v) is 13.9. The molecule has 0 aliphatic rings. The van der Waals surface area contributed by atoms with Crippen LogP contribution in [-0.2, 0) is 0 Å². The Kier molecular flexibility index (Phi) is 4.37. The predicted octanol–water partition coefficient (Wildman–Crippen LogP) is 4.49. The molecule has 0 N–H and O–H groups in total. The Morgan fingerprint density at radius 3 is 1.25 bits per heavy atom. The molecular formula is C11H25As. The molecule has 0 heterocycles. The Bertz CT molecular complexity index is 111. The zero-order valence-corrected chi connectivity index (χ0v) is 11.7. The summed E-state index contributed by atoms with van der Waals surface area (Å²) in [5.41, 5.74) is 0. The van der Waals surface area contributed by atoms with Crippen LogP contribution >= 0.6 is 0 Å². The van der Waals surface area contributed by atoms with E-state index in [2.05, 4.69) is 48.5 Å². The minimum absolute atomic E-state index is 0.598. The van der Waals surface area contributed by atoms with E-state index in [-0.39, 0.29) is 0 Å². The van der Waals surface area contributed by atoms with E-state index in [1.165, 1.54) is 11.6 Å². The van der Waals surface area contributed by atoms with Gasteiger partial charge in [0.2, 0.25) is 0 Å². The third kappa shape index (κ3) is 3.99. The molecule has 0 fully saturated rings. The van der Waals surface area contributed by atoms with Gasteiger partial charge in [-0.25, -0.2) is 0 Å². The molecule has 0 aromatic heterocycles. The molecule has 0 saturated carbocycles. The van der Waals surface area contributed by atoms with Crippen LogP contribution in [0.3, 0.4) is 0 Å². The van der Waals surface area contributed by atoms with Crippen molar-refractivity contribution in [3.05, 3.63) is 0 Å². The molecular weight excluding hydrogens is 207 g/mol. The summed E-state index contributed by atoms with van der Waals surface area (Å²) in [6.45, 7) is 16.9. The molecule has 0 atom stereocenters. The first-order valence-electron chi connectivity index (χ1n) is 4.97. The molecule has 0 aromatic rings. The van der Waals surface area contributed by atoms with E-state index < -0.39 is 14.7 Å². The van der Waals surface area contributed by atoms with Crippen LogP contribution in [0.2, 0.25) is 13.6 Å². The molecule has 0 radical (unpaired) electrons. The Balaban J connectivity index is 4.45. The third-order valence-corrected chi connectivity index (χ3v) is 10.7. The summed E-state index contributed by atoms with van der Waals surface area (Å²) in [6.07, 6.45) is 1.37. The third-order valence-electron chi connectivity index (χ3n) is 2.07. The molecule has 0 unspecified atom stereocenters. The summed E-state index contributed by atoms with van der Waals surface area (Å²) in [4.78, 5) is 0. The second kappa shape index (κ2) is 4.18. The van der Waals surface area contributed by atoms with Gasteiger partial charge in [-0.15, -0.1) is 0 Å². The van der Waals surface area contributed by atoms with E-state index in [0.717, 1.165) is 0 Å². The average molecular weight is 232 g/mol. The van der Waals surface area contributed by atoms with Gasteiger partial charge in [-0.05, 0) is 0 Å². The number of hydrogen-bond donors (Lipinski definition) is 0. The molecule has 12 heavy (non-hydrogen) atoms. The van der Waals surface area contributed by atoms with Crippen LogP contribution < -0.4 is 0 Å². The van der Waals surface area contributed by atoms with Crippen molar-refractivity contribution in [3.8, 4) is 0 Å². The zero-order valence-electron chi connectivity index (χ0n) is 9.86. The first-order chi connectivity index (χ1) is 5.19. The monoisotopic (exact) mass is 232 g/mol. The van der Waals surface area contributed by atoms with Crippen LogP contribution in [-0.4, -0.2) is 14.7 Å². The number of rotatable bonds is 2. The van der Waals surface area contributed by atoms with Crippen molar-refractivity contribution >= 4 is 14.7 Å². The topological polar surface area (TPSA) is 0 Å². The van der Waals surface area contributed by atoms with E-state index in [4.69, 9.17) is 0 Å². The van der Waals surface area contributed by atoms with Gasteiger partial charge in [0.05, 0.1) is 0 Å². The maximum atomic E-state index is 2.42. The van der Waals surface area contributed by atoms with Gasteiger partial charge >= 0.3 is 83.2 Å². The normalized spacial score (nSPS) is 14.0. The van der Waals surface area contributed by atoms with Crippen molar-refractivity contribution < 1.29 is 0 Å². The molecule has 0 aromatic carbocycles. The summed E-state index contributed by atoms with van der Waals surface area (Å²) in [6, 6.07) is 0. The molecule has 0 amide bonds. The van der Waals surface area contributed by atoms with Gasteiger partial charge in [0.1, 0.15) is 0 Å². The van der Waals surface area contributed by atoms with Crippen molar-refractivity contribution in [1.82, 2.24) is 0 Å². The Morgan fingerprint density at radius 1 is 0.833 bits per heavy atom. The van der Waals surface area contributed by atoms with Gasteiger partial charge in [-0.3, -0.25) is 0 Å². The quantitative estimate of drug-likeness (QED) is 0.615. The van der Waals surface area contributed by atoms with Gasteiger partial charge in [-0.1, -0.05) is 0 Å². The van der Waals surface area contributed by atoms with Crippen molar-refractivity contribution in [3.63, 3.8) is 0 Å². The molecule has 0 nitrogen and oxygen atoms in total. The van der Waals surface area contributed by atoms with Crippen LogP contribution in [0, 0.1) is 0 Å². The van der Waals surface area contributed by atoms with E-state index in [1.54, 1.807) is 0 Å². The van der Waals surface area contributed by atoms with Crippen LogP contribution in [0.15, 0.2) is 0 Å². The second-order valence-electron chi connectivity index (χ2n) is 5.49. The molecule has 0 bridgehead atoms. The fourth-order valence-corrected chi connectivity index (χ4v) is 9.88. The fourth-order valence-electron chi connectivity index (χ4n) is 1.90. The number of hydrogen-bond acceptors (Lipinski definition) is 0. The minimum atomic E-state index is -0.682. The molecule has 74 valence electrons. The molecule has 0 rings (SSSR count). The van der Waals surface area contributed by atoms with Gasteiger partial charge in [-0.2, -0.15) is 0 Å². The van der Waals surface area contributed by atoms with Crippen molar-refractivity contribution in [2.24, 2.45) is 0 Å². The Hall–Kier alpha value is 0.558. The summed E-state index contributed by atoms with van der Waals surface area (Å²) < 4.78 is 1.20. The van der Waals surface area contributed by atoms with Gasteiger partial charge < -0.3 is 0 Å². The Labute approximate surface area is 83.4 Å². The zero-order chi connectivity index (χ0) is 9.99. The van der Waals surface area contributed by atoms with E-state index in [9.17, 15) is 0 Å². The standard InChI is InChI=1S/C11H25As/c1-8-9-12(10(2,3)4)11(5,6)7/h8-9H2,1-7H3. The van der Waals surface area contributed by atoms with Crippen molar-refractivity contribution in [2.45, 2.75) is 68.5 Å². The van der Waals surface area contributed by atoms with Crippen LogP contribution in [0.5, 0.6) is 0 Å². The van der Waals surface area contributed by atoms with Crippen LogP contribution in [0.4, 0.5) is 0 Å². The summed E-state index contributed by atoms with van der Waals surface area (Å²) in [7, 11) is 0. The Morgan fingerprint density at radius 2 is 1.17 bits per heavy atom. The molecule has 0 saturated heterocycles. The van der Waals surface area contributed by atoms with E-state index in [1.807, 2.05) is 0 Å². The molecule has 0 spiro atoms. The predicted molar refractivity (Wildman–Crippen MR) is 60.3 cm³/mol. The van der Waals surface area contributed by atoms with Gasteiger partial charge in [0, 0.05) is 0 Å². The first kappa shape index (κ1) is 12.6. The summed E-state index contributed by atoms with van der Waals surface area (Å²) in [5.74, 6) is 0. The fraction of sp³-hybridized carbons (Fsp3) is 1.00. The van der Waals surface area contributed by atoms with E-state index >= 15 is 0 Å². The van der Waals surface area contributed by atoms with Gasteiger partial charge in [0.15, 0.2) is 0 Å². The van der Waals surface area contributed by atoms with Crippen LogP contribution in [0.1, 0.15) is 54.9 Å². The van der Waals surface area contributed by atoms with Crippen molar-refractivity contribution in [1.29, 1.82) is 0 Å². The summed E-state index contributed by atoms with van der Waals surface area (Å²) >= 11 is -0.682. The maximum absolute atomic E-state index is 2.42. The molecule has 0 aliphatic heterocycles. The molecule has 0 aliphatic carbocycles. The summed E-state index contributed by atoms with van der Waals surface area (Å²) in [5, 5.41) is 1.50. The molecule has 1 heteroatoms. The van der Waals surface area contributed by atoms with Crippen LogP contribution in [0.25, 0.3) is 0 Å². The van der Waals surface area contributed by atoms with Gasteiger partial charge in [0.25, 0.3) is 0 Å². The van der Waals surface area contributed by atoms with E-state index in [0.29, 0.717) is 8.41 Å². The first-order valence-corrected chi connectivity index (χ1v) is 8.17.